The van der Waals surface area contributed by atoms with Crippen molar-refractivity contribution in [2.45, 2.75) is 18.8 Å². The van der Waals surface area contributed by atoms with Gasteiger partial charge >= 0.3 is 0 Å². The van der Waals surface area contributed by atoms with Crippen molar-refractivity contribution in [3.05, 3.63) is 30.2 Å². The Balaban J connectivity index is 1.63. The number of piperidine rings is 1. The van der Waals surface area contributed by atoms with Gasteiger partial charge in [0, 0.05) is 32.1 Å². The van der Waals surface area contributed by atoms with Crippen LogP contribution in [0, 0.1) is 0 Å². The molecule has 4 heterocycles. The molecule has 0 radical (unpaired) electrons. The van der Waals surface area contributed by atoms with E-state index in [2.05, 4.69) is 25.0 Å². The topological polar surface area (TPSA) is 106 Å². The van der Waals surface area contributed by atoms with Crippen LogP contribution in [0.2, 0.25) is 0 Å². The van der Waals surface area contributed by atoms with Crippen LogP contribution in [0.5, 0.6) is 5.88 Å². The third-order valence-corrected chi connectivity index (χ3v) is 4.53. The summed E-state index contributed by atoms with van der Waals surface area (Å²) in [4.78, 5) is 15.1. The molecule has 3 N–H and O–H groups in total. The maximum absolute atomic E-state index is 9.75. The van der Waals surface area contributed by atoms with Crippen LogP contribution in [-0.2, 0) is 7.05 Å². The molecule has 1 fully saturated rings. The number of anilines is 2. The Morgan fingerprint density at radius 3 is 2.96 bits per heavy atom. The van der Waals surface area contributed by atoms with Crippen molar-refractivity contribution in [3.8, 4) is 5.88 Å². The molecule has 3 aromatic rings. The number of aromatic hydroxyl groups is 1. The normalized spacial score (nSPS) is 18.2. The van der Waals surface area contributed by atoms with E-state index in [1.165, 1.54) is 11.0 Å². The third-order valence-electron chi connectivity index (χ3n) is 4.53. The minimum Gasteiger partial charge on any atom is -0.493 e. The van der Waals surface area contributed by atoms with Crippen LogP contribution in [0.3, 0.4) is 0 Å². The van der Waals surface area contributed by atoms with Gasteiger partial charge in [-0.05, 0) is 25.0 Å². The molecule has 0 bridgehead atoms. The number of pyridine rings is 1. The summed E-state index contributed by atoms with van der Waals surface area (Å²) in [6.45, 7) is 1.74. The van der Waals surface area contributed by atoms with Gasteiger partial charge in [-0.1, -0.05) is 0 Å². The van der Waals surface area contributed by atoms with Gasteiger partial charge in [0.1, 0.15) is 17.7 Å². The monoisotopic (exact) mass is 325 g/mol. The van der Waals surface area contributed by atoms with Crippen LogP contribution in [0.25, 0.3) is 11.0 Å². The lowest BCUT2D eigenvalue weighted by atomic mass is 9.95. The molecule has 1 aliphatic heterocycles. The molecule has 0 aliphatic carbocycles. The van der Waals surface area contributed by atoms with Gasteiger partial charge in [-0.15, -0.1) is 0 Å². The van der Waals surface area contributed by atoms with Gasteiger partial charge in [-0.2, -0.15) is 5.10 Å². The molecule has 8 heteroatoms. The Bertz CT molecular complexity index is 872. The average molecular weight is 325 g/mol. The standard InChI is InChI=1S/C16H19N7O/c1-22-14(24)7-12(21-22)10-3-2-6-23(8-10)13-5-4-11-15(20-13)16(17)19-9-18-11/h4-5,7,9-10,24H,2-3,6,8H2,1H3,(H2,17,18,19). The summed E-state index contributed by atoms with van der Waals surface area (Å²) in [6.07, 6.45) is 3.54. The highest BCUT2D eigenvalue weighted by molar-refractivity contribution is 5.84. The second-order valence-electron chi connectivity index (χ2n) is 6.13. The largest absolute Gasteiger partial charge is 0.493 e. The molecule has 0 amide bonds. The van der Waals surface area contributed by atoms with Gasteiger partial charge in [0.05, 0.1) is 11.2 Å². The second kappa shape index (κ2) is 5.63. The number of nitrogens with zero attached hydrogens (tertiary/aromatic N) is 6. The molecule has 0 aromatic carbocycles. The molecular formula is C16H19N7O. The summed E-state index contributed by atoms with van der Waals surface area (Å²) in [5.41, 5.74) is 8.22. The summed E-state index contributed by atoms with van der Waals surface area (Å²) >= 11 is 0. The molecule has 0 spiro atoms. The highest BCUT2D eigenvalue weighted by Gasteiger charge is 2.25. The first-order valence-corrected chi connectivity index (χ1v) is 7.97. The number of aromatic nitrogens is 5. The van der Waals surface area contributed by atoms with E-state index in [1.807, 2.05) is 12.1 Å². The maximum Gasteiger partial charge on any atom is 0.209 e. The van der Waals surface area contributed by atoms with Crippen LogP contribution < -0.4 is 10.6 Å². The molecule has 0 saturated carbocycles. The zero-order valence-electron chi connectivity index (χ0n) is 13.4. The van der Waals surface area contributed by atoms with Crippen LogP contribution in [0.15, 0.2) is 24.5 Å². The van der Waals surface area contributed by atoms with Gasteiger partial charge in [-0.25, -0.2) is 19.6 Å². The lowest BCUT2D eigenvalue weighted by molar-refractivity contribution is 0.418. The van der Waals surface area contributed by atoms with Gasteiger partial charge in [0.25, 0.3) is 0 Å². The van der Waals surface area contributed by atoms with Crippen molar-refractivity contribution in [3.63, 3.8) is 0 Å². The van der Waals surface area contributed by atoms with Crippen molar-refractivity contribution >= 4 is 22.7 Å². The highest BCUT2D eigenvalue weighted by Crippen LogP contribution is 2.30. The SMILES string of the molecule is Cn1nc(C2CCCN(c3ccc4ncnc(N)c4n3)C2)cc1O. The Hall–Kier alpha value is -2.90. The van der Waals surface area contributed by atoms with Gasteiger partial charge in [-0.3, -0.25) is 0 Å². The van der Waals surface area contributed by atoms with Gasteiger partial charge in [0.15, 0.2) is 5.82 Å². The third kappa shape index (κ3) is 2.49. The Kier molecular flexibility index (Phi) is 3.44. The van der Waals surface area contributed by atoms with E-state index in [0.29, 0.717) is 11.3 Å². The number of aryl methyl sites for hydroxylation is 1. The van der Waals surface area contributed by atoms with E-state index in [0.717, 1.165) is 43.0 Å². The lowest BCUT2D eigenvalue weighted by Crippen LogP contribution is -2.35. The van der Waals surface area contributed by atoms with E-state index in [1.54, 1.807) is 13.1 Å². The summed E-state index contributed by atoms with van der Waals surface area (Å²) in [6, 6.07) is 5.63. The van der Waals surface area contributed by atoms with Crippen molar-refractivity contribution in [1.29, 1.82) is 0 Å². The maximum atomic E-state index is 9.75. The predicted octanol–water partition coefficient (Wildman–Crippen LogP) is 1.43. The molecule has 1 atom stereocenters. The fourth-order valence-corrected chi connectivity index (χ4v) is 3.23. The minimum absolute atomic E-state index is 0.191. The van der Waals surface area contributed by atoms with E-state index in [-0.39, 0.29) is 11.8 Å². The zero-order chi connectivity index (χ0) is 16.7. The molecule has 8 nitrogen and oxygen atoms in total. The number of nitrogens with two attached hydrogens (primary N) is 1. The number of hydrogen-bond donors (Lipinski definition) is 2. The van der Waals surface area contributed by atoms with E-state index in [9.17, 15) is 5.11 Å². The number of nitrogen functional groups attached to an aromatic ring is 1. The fraction of sp³-hybridized carbons (Fsp3) is 0.375. The summed E-state index contributed by atoms with van der Waals surface area (Å²) in [5.74, 6) is 1.72. The quantitative estimate of drug-likeness (QED) is 0.734. The molecule has 1 unspecified atom stereocenters. The minimum atomic E-state index is 0.191. The molecule has 24 heavy (non-hydrogen) atoms. The molecule has 1 saturated heterocycles. The zero-order valence-corrected chi connectivity index (χ0v) is 13.4. The molecule has 3 aromatic heterocycles. The van der Waals surface area contributed by atoms with Crippen LogP contribution in [0.1, 0.15) is 24.5 Å². The summed E-state index contributed by atoms with van der Waals surface area (Å²) in [5, 5.41) is 14.2. The smallest absolute Gasteiger partial charge is 0.209 e. The number of hydrogen-bond acceptors (Lipinski definition) is 7. The van der Waals surface area contributed by atoms with Crippen molar-refractivity contribution < 1.29 is 5.11 Å². The predicted molar refractivity (Wildman–Crippen MR) is 90.8 cm³/mol. The van der Waals surface area contributed by atoms with Crippen LogP contribution >= 0.6 is 0 Å². The number of fused-ring (bicyclic) bond motifs is 1. The Labute approximate surface area is 139 Å². The molecule has 4 rings (SSSR count). The Morgan fingerprint density at radius 2 is 2.17 bits per heavy atom. The second-order valence-corrected chi connectivity index (χ2v) is 6.13. The first-order valence-electron chi connectivity index (χ1n) is 7.97. The van der Waals surface area contributed by atoms with E-state index >= 15 is 0 Å². The van der Waals surface area contributed by atoms with Crippen molar-refractivity contribution in [2.75, 3.05) is 23.7 Å². The highest BCUT2D eigenvalue weighted by atomic mass is 16.3. The fourth-order valence-electron chi connectivity index (χ4n) is 3.23. The lowest BCUT2D eigenvalue weighted by Gasteiger charge is -2.32. The summed E-state index contributed by atoms with van der Waals surface area (Å²) < 4.78 is 1.50. The molecule has 1 aliphatic rings. The summed E-state index contributed by atoms with van der Waals surface area (Å²) in [7, 11) is 1.74. The van der Waals surface area contributed by atoms with Crippen molar-refractivity contribution in [1.82, 2.24) is 24.7 Å². The molecule has 124 valence electrons. The first-order chi connectivity index (χ1) is 11.6. The van der Waals surface area contributed by atoms with E-state index < -0.39 is 0 Å². The average Bonchev–Trinajstić information content (AvgIpc) is 2.94. The van der Waals surface area contributed by atoms with Gasteiger partial charge in [0.2, 0.25) is 5.88 Å². The first kappa shape index (κ1) is 14.7. The Morgan fingerprint density at radius 1 is 1.29 bits per heavy atom. The van der Waals surface area contributed by atoms with E-state index in [4.69, 9.17) is 5.73 Å². The van der Waals surface area contributed by atoms with Gasteiger partial charge < -0.3 is 15.7 Å². The van der Waals surface area contributed by atoms with Crippen LogP contribution in [0.4, 0.5) is 11.6 Å². The van der Waals surface area contributed by atoms with Crippen LogP contribution in [-0.4, -0.2) is 42.9 Å². The number of rotatable bonds is 2. The van der Waals surface area contributed by atoms with Crippen molar-refractivity contribution in [2.24, 2.45) is 7.05 Å². The molecular weight excluding hydrogens is 306 g/mol.